The third kappa shape index (κ3) is 5.07. The maximum Gasteiger partial charge on any atom is 0.342 e. The minimum Gasteiger partial charge on any atom is -0.330 e. The summed E-state index contributed by atoms with van der Waals surface area (Å²) < 4.78 is 0. The van der Waals surface area contributed by atoms with Gasteiger partial charge in [0.2, 0.25) is 0 Å². The maximum atomic E-state index is 10.9. The fourth-order valence-electron chi connectivity index (χ4n) is 0.958. The van der Waals surface area contributed by atoms with E-state index in [1.54, 1.807) is 5.32 Å². The molecule has 108 valence electrons. The molecule has 11 nitrogen and oxygen atoms in total. The maximum absolute atomic E-state index is 10.9. The molecule has 0 bridgehead atoms. The molecule has 0 saturated carbocycles. The number of imidazole rings is 1. The van der Waals surface area contributed by atoms with Crippen LogP contribution in [0.1, 0.15) is 0 Å². The summed E-state index contributed by atoms with van der Waals surface area (Å²) in [4.78, 5) is 41.0. The molecule has 19 heavy (non-hydrogen) atoms. The monoisotopic (exact) mass is 297 g/mol. The number of aromatic amines is 4. The lowest BCUT2D eigenvalue weighted by Gasteiger charge is -2.09. The molecule has 0 saturated heterocycles. The number of fused-ring (bicyclic) bond motifs is 1. The van der Waals surface area contributed by atoms with Gasteiger partial charge in [0, 0.05) is 0 Å². The zero-order valence-corrected chi connectivity index (χ0v) is 10.3. The molecule has 8 N–H and O–H groups in total. The van der Waals surface area contributed by atoms with E-state index in [4.69, 9.17) is 15.3 Å². The number of hydrogen-bond donors (Lipinski definition) is 8. The molecule has 2 heterocycles. The van der Waals surface area contributed by atoms with Gasteiger partial charge in [0.25, 0.3) is 5.56 Å². The highest BCUT2D eigenvalue weighted by molar-refractivity contribution is 5.85. The first-order chi connectivity index (χ1) is 8.23. The van der Waals surface area contributed by atoms with Crippen molar-refractivity contribution in [1.82, 2.24) is 25.3 Å². The van der Waals surface area contributed by atoms with E-state index in [1.165, 1.54) is 7.05 Å². The van der Waals surface area contributed by atoms with Gasteiger partial charge < -0.3 is 15.3 Å². The molecule has 0 amide bonds. The van der Waals surface area contributed by atoms with Crippen molar-refractivity contribution in [2.45, 2.75) is 6.10 Å². The number of aromatic nitrogens is 4. The van der Waals surface area contributed by atoms with Crippen molar-refractivity contribution < 1.29 is 15.3 Å². The van der Waals surface area contributed by atoms with Gasteiger partial charge in [-0.15, -0.1) is 12.4 Å². The molecule has 0 radical (unpaired) electrons. The molecule has 0 aliphatic rings. The van der Waals surface area contributed by atoms with Crippen molar-refractivity contribution >= 4 is 23.6 Å². The fraction of sp³-hybridized carbons (Fsp3) is 0.286. The Labute approximate surface area is 109 Å². The average molecular weight is 298 g/mol. The number of H-pyrrole nitrogens is 4. The van der Waals surface area contributed by atoms with Crippen molar-refractivity contribution in [3.8, 4) is 0 Å². The van der Waals surface area contributed by atoms with Crippen LogP contribution in [0.25, 0.3) is 11.2 Å². The predicted molar refractivity (Wildman–Crippen MR) is 65.9 cm³/mol. The van der Waals surface area contributed by atoms with Gasteiger partial charge in [-0.2, -0.15) is 0 Å². The summed E-state index contributed by atoms with van der Waals surface area (Å²) in [6.45, 7) is 0. The molecule has 0 aromatic carbocycles. The van der Waals surface area contributed by atoms with E-state index in [0.717, 1.165) is 0 Å². The van der Waals surface area contributed by atoms with E-state index in [0.29, 0.717) is 0 Å². The molecule has 0 aliphatic carbocycles. The average Bonchev–Trinajstić information content (AvgIpc) is 2.59. The van der Waals surface area contributed by atoms with E-state index >= 15 is 0 Å². The molecule has 0 fully saturated rings. The Morgan fingerprint density at radius 2 is 1.37 bits per heavy atom. The summed E-state index contributed by atoms with van der Waals surface area (Å²) in [6, 6.07) is 0. The molecule has 2 aromatic rings. The first-order valence-corrected chi connectivity index (χ1v) is 4.53. The number of rotatable bonds is 1. The Bertz CT molecular complexity index is 691. The standard InChI is InChI=1S/C5H4N4O3.C2H7NO3.ClH/c10-3-1-2(7-4(11)6-1)8-5(12)9-3;1-3-2(4,5)6;/h(H4,6,7,8,9,10,11,12);3-6H,1H3;1H. The number of aliphatic hydroxyl groups is 3. The lowest BCUT2D eigenvalue weighted by molar-refractivity contribution is -0.328. The Hall–Kier alpha value is -1.92. The van der Waals surface area contributed by atoms with E-state index in [9.17, 15) is 14.4 Å². The van der Waals surface area contributed by atoms with Gasteiger partial charge in [-0.1, -0.05) is 0 Å². The van der Waals surface area contributed by atoms with Gasteiger partial charge in [0.05, 0.1) is 0 Å². The summed E-state index contributed by atoms with van der Waals surface area (Å²) in [6.07, 6.45) is -2.71. The molecule has 0 aliphatic heterocycles. The topological polar surface area (TPSA) is 187 Å². The van der Waals surface area contributed by atoms with E-state index < -0.39 is 23.0 Å². The lowest BCUT2D eigenvalue weighted by Crippen LogP contribution is -2.41. The van der Waals surface area contributed by atoms with Gasteiger partial charge in [0.1, 0.15) is 11.2 Å². The number of nitrogens with one attached hydrogen (secondary N) is 5. The van der Waals surface area contributed by atoms with Crippen LogP contribution in [0.3, 0.4) is 0 Å². The summed E-state index contributed by atoms with van der Waals surface area (Å²) in [5, 5.41) is 25.3. The minimum absolute atomic E-state index is 0. The molecule has 0 atom stereocenters. The highest BCUT2D eigenvalue weighted by Gasteiger charge is 2.11. The van der Waals surface area contributed by atoms with Crippen LogP contribution < -0.4 is 22.3 Å². The minimum atomic E-state index is -2.71. The van der Waals surface area contributed by atoms with Gasteiger partial charge >= 0.3 is 17.5 Å². The summed E-state index contributed by atoms with van der Waals surface area (Å²) in [7, 11) is 1.21. The molecule has 2 rings (SSSR count). The lowest BCUT2D eigenvalue weighted by atomic mass is 10.5. The van der Waals surface area contributed by atoms with Crippen LogP contribution in [0.5, 0.6) is 0 Å². The van der Waals surface area contributed by atoms with Crippen LogP contribution in [0.15, 0.2) is 14.4 Å². The molecule has 12 heteroatoms. The Morgan fingerprint density at radius 3 is 1.79 bits per heavy atom. The normalized spacial score (nSPS) is 10.5. The van der Waals surface area contributed by atoms with Gasteiger partial charge in [-0.3, -0.25) is 24.7 Å². The van der Waals surface area contributed by atoms with Gasteiger partial charge in [0.15, 0.2) is 0 Å². The Morgan fingerprint density at radius 1 is 0.947 bits per heavy atom. The zero-order valence-electron chi connectivity index (χ0n) is 9.47. The highest BCUT2D eigenvalue weighted by Crippen LogP contribution is 1.88. The molecule has 0 spiro atoms. The second-order valence-corrected chi connectivity index (χ2v) is 3.12. The van der Waals surface area contributed by atoms with E-state index in [2.05, 4.69) is 15.0 Å². The third-order valence-corrected chi connectivity index (χ3v) is 1.76. The predicted octanol–water partition coefficient (Wildman–Crippen LogP) is -3.55. The summed E-state index contributed by atoms with van der Waals surface area (Å²) in [5.74, 6) is 0. The largest absolute Gasteiger partial charge is 0.342 e. The third-order valence-electron chi connectivity index (χ3n) is 1.76. The van der Waals surface area contributed by atoms with Crippen molar-refractivity contribution in [3.63, 3.8) is 0 Å². The first kappa shape index (κ1) is 17.1. The number of halogens is 1. The van der Waals surface area contributed by atoms with Crippen LogP contribution in [-0.4, -0.2) is 48.4 Å². The van der Waals surface area contributed by atoms with Gasteiger partial charge in [-0.05, 0) is 7.05 Å². The second kappa shape index (κ2) is 6.31. The molecule has 2 aromatic heterocycles. The summed E-state index contributed by atoms with van der Waals surface area (Å²) >= 11 is 0. The van der Waals surface area contributed by atoms with Crippen molar-refractivity contribution in [2.24, 2.45) is 0 Å². The van der Waals surface area contributed by atoms with Crippen molar-refractivity contribution in [2.75, 3.05) is 7.05 Å². The molecular weight excluding hydrogens is 286 g/mol. The van der Waals surface area contributed by atoms with Crippen LogP contribution in [-0.2, 0) is 0 Å². The smallest absolute Gasteiger partial charge is 0.330 e. The van der Waals surface area contributed by atoms with Crippen molar-refractivity contribution in [3.05, 3.63) is 31.3 Å². The Kier molecular flexibility index (Phi) is 5.67. The van der Waals surface area contributed by atoms with E-state index in [-0.39, 0.29) is 23.6 Å². The van der Waals surface area contributed by atoms with Crippen molar-refractivity contribution in [1.29, 1.82) is 0 Å². The SMILES string of the molecule is CNC(O)(O)O.Cl.O=c1[nH]c(=O)c2[nH]c(=O)[nH]c2[nH]1. The number of hydrogen-bond acceptors (Lipinski definition) is 7. The zero-order chi connectivity index (χ0) is 13.9. The second-order valence-electron chi connectivity index (χ2n) is 3.12. The first-order valence-electron chi connectivity index (χ1n) is 4.53. The van der Waals surface area contributed by atoms with Gasteiger partial charge in [-0.25, -0.2) is 14.9 Å². The van der Waals surface area contributed by atoms with E-state index in [1.807, 2.05) is 4.98 Å². The highest BCUT2D eigenvalue weighted by atomic mass is 35.5. The summed E-state index contributed by atoms with van der Waals surface area (Å²) in [5.41, 5.74) is -1.65. The molecular formula is C7H12ClN5O6. The Balaban J connectivity index is 0.000000404. The van der Waals surface area contributed by atoms with Crippen LogP contribution in [0.4, 0.5) is 0 Å². The van der Waals surface area contributed by atoms with Crippen LogP contribution in [0.2, 0.25) is 0 Å². The van der Waals surface area contributed by atoms with Crippen LogP contribution >= 0.6 is 12.4 Å². The fourth-order valence-corrected chi connectivity index (χ4v) is 0.958. The van der Waals surface area contributed by atoms with Crippen LogP contribution in [0, 0.1) is 0 Å². The quantitative estimate of drug-likeness (QED) is 0.250. The molecule has 0 unspecified atom stereocenters.